The molecule has 1 saturated carbocycles. The number of thiazole rings is 1. The van der Waals surface area contributed by atoms with E-state index in [4.69, 9.17) is 0 Å². The van der Waals surface area contributed by atoms with Gasteiger partial charge < -0.3 is 15.3 Å². The molecule has 1 heterocycles. The highest BCUT2D eigenvalue weighted by atomic mass is 32.1. The monoisotopic (exact) mass is 297 g/mol. The number of hydrogen-bond donors (Lipinski definition) is 2. The summed E-state index contributed by atoms with van der Waals surface area (Å²) in [5.74, 6) is 0.383. The molecule has 0 saturated heterocycles. The fourth-order valence-electron chi connectivity index (χ4n) is 2.12. The molecule has 1 fully saturated rings. The molecule has 6 heteroatoms. The number of carbonyl (C=O) groups is 1. The van der Waals surface area contributed by atoms with Gasteiger partial charge in [0, 0.05) is 24.7 Å². The van der Waals surface area contributed by atoms with Crippen LogP contribution in [0.15, 0.2) is 5.38 Å². The summed E-state index contributed by atoms with van der Waals surface area (Å²) in [5, 5.41) is 15.8. The van der Waals surface area contributed by atoms with Gasteiger partial charge in [0.2, 0.25) is 0 Å². The molecule has 1 aromatic heterocycles. The first-order valence-electron chi connectivity index (χ1n) is 7.13. The van der Waals surface area contributed by atoms with Crippen LogP contribution in [0.3, 0.4) is 0 Å². The Morgan fingerprint density at radius 3 is 2.85 bits per heavy atom. The minimum absolute atomic E-state index is 0.0540. The van der Waals surface area contributed by atoms with Crippen LogP contribution in [0.4, 0.5) is 4.79 Å². The van der Waals surface area contributed by atoms with Gasteiger partial charge in [-0.15, -0.1) is 11.3 Å². The van der Waals surface area contributed by atoms with Crippen LogP contribution in [0.5, 0.6) is 0 Å². The van der Waals surface area contributed by atoms with Crippen molar-refractivity contribution in [2.45, 2.75) is 45.3 Å². The third kappa shape index (κ3) is 3.93. The molecule has 0 aliphatic heterocycles. The number of aliphatic hydroxyl groups excluding tert-OH is 1. The second kappa shape index (κ2) is 6.54. The number of rotatable bonds is 6. The second-order valence-corrected chi connectivity index (χ2v) is 6.41. The highest BCUT2D eigenvalue weighted by Crippen LogP contribution is 2.32. The topological polar surface area (TPSA) is 65.5 Å². The Hall–Kier alpha value is -1.14. The van der Waals surface area contributed by atoms with Crippen molar-refractivity contribution in [3.63, 3.8) is 0 Å². The molecule has 1 aromatic rings. The van der Waals surface area contributed by atoms with Gasteiger partial charge in [0.1, 0.15) is 5.01 Å². The third-order valence-electron chi connectivity index (χ3n) is 3.61. The summed E-state index contributed by atoms with van der Waals surface area (Å²) in [6.07, 6.45) is 2.56. The van der Waals surface area contributed by atoms with E-state index in [0.29, 0.717) is 12.5 Å². The number of urea groups is 1. The van der Waals surface area contributed by atoms with Crippen LogP contribution in [-0.2, 0) is 0 Å². The summed E-state index contributed by atoms with van der Waals surface area (Å²) in [6, 6.07) is -0.203. The van der Waals surface area contributed by atoms with Gasteiger partial charge in [0.25, 0.3) is 0 Å². The van der Waals surface area contributed by atoms with Gasteiger partial charge in [0.05, 0.1) is 12.1 Å². The maximum Gasteiger partial charge on any atom is 0.317 e. The Morgan fingerprint density at radius 1 is 1.65 bits per heavy atom. The minimum atomic E-state index is -0.395. The Kier molecular flexibility index (Phi) is 4.99. The van der Waals surface area contributed by atoms with E-state index >= 15 is 0 Å². The van der Waals surface area contributed by atoms with Crippen molar-refractivity contribution < 1.29 is 9.90 Å². The molecule has 20 heavy (non-hydrogen) atoms. The summed E-state index contributed by atoms with van der Waals surface area (Å²) < 4.78 is 0. The zero-order valence-electron chi connectivity index (χ0n) is 12.3. The molecule has 2 rings (SSSR count). The molecule has 112 valence electrons. The Balaban J connectivity index is 1.87. The second-order valence-electron chi connectivity index (χ2n) is 5.52. The molecule has 2 unspecified atom stereocenters. The van der Waals surface area contributed by atoms with Crippen molar-refractivity contribution in [3.8, 4) is 0 Å². The first kappa shape index (κ1) is 15.3. The van der Waals surface area contributed by atoms with Gasteiger partial charge in [-0.1, -0.05) is 6.92 Å². The van der Waals surface area contributed by atoms with Crippen LogP contribution < -0.4 is 5.32 Å². The normalized spacial score (nSPS) is 17.6. The van der Waals surface area contributed by atoms with E-state index in [9.17, 15) is 9.90 Å². The van der Waals surface area contributed by atoms with Gasteiger partial charge >= 0.3 is 6.03 Å². The van der Waals surface area contributed by atoms with Crippen molar-refractivity contribution in [1.29, 1.82) is 0 Å². The van der Waals surface area contributed by atoms with E-state index in [2.05, 4.69) is 10.3 Å². The molecule has 0 spiro atoms. The summed E-state index contributed by atoms with van der Waals surface area (Å²) in [7, 11) is 1.72. The Labute approximate surface area is 124 Å². The Morgan fingerprint density at radius 2 is 2.35 bits per heavy atom. The maximum atomic E-state index is 12.2. The van der Waals surface area contributed by atoms with E-state index in [1.165, 1.54) is 0 Å². The molecule has 0 radical (unpaired) electrons. The third-order valence-corrected chi connectivity index (χ3v) is 4.69. The predicted octanol–water partition coefficient (Wildman–Crippen LogP) is 2.31. The van der Waals surface area contributed by atoms with E-state index in [1.807, 2.05) is 19.2 Å². The number of nitrogens with zero attached hydrogens (tertiary/aromatic N) is 2. The van der Waals surface area contributed by atoms with Crippen LogP contribution in [0.2, 0.25) is 0 Å². The van der Waals surface area contributed by atoms with Crippen LogP contribution in [0, 0.1) is 12.8 Å². The number of likely N-dealkylation sites (N-methyl/N-ethyl adjacent to an activating group) is 1. The van der Waals surface area contributed by atoms with Crippen LogP contribution in [-0.4, -0.2) is 40.7 Å². The number of aliphatic hydroxyl groups is 1. The Bertz CT molecular complexity index is 459. The highest BCUT2D eigenvalue weighted by molar-refractivity contribution is 7.09. The highest BCUT2D eigenvalue weighted by Gasteiger charge is 2.31. The zero-order valence-corrected chi connectivity index (χ0v) is 13.1. The van der Waals surface area contributed by atoms with Gasteiger partial charge in [-0.25, -0.2) is 9.78 Å². The molecular formula is C14H23N3O2S. The number of nitrogens with one attached hydrogen (secondary N) is 1. The summed E-state index contributed by atoms with van der Waals surface area (Å²) in [5.41, 5.74) is 0.982. The molecule has 0 aromatic carbocycles. The maximum absolute atomic E-state index is 12.2. The lowest BCUT2D eigenvalue weighted by Gasteiger charge is -2.24. The van der Waals surface area contributed by atoms with E-state index in [-0.39, 0.29) is 12.1 Å². The summed E-state index contributed by atoms with van der Waals surface area (Å²) >= 11 is 1.57. The fraction of sp³-hybridized carbons (Fsp3) is 0.714. The van der Waals surface area contributed by atoms with Crippen molar-refractivity contribution in [3.05, 3.63) is 16.1 Å². The molecule has 2 amide bonds. The standard InChI is InChI=1S/C14H23N3O2S/c1-4-11(13-15-9(2)8-20-13)16-14(19)17(3)7-12(18)10-5-6-10/h8,10-12,18H,4-7H2,1-3H3,(H,16,19). The van der Waals surface area contributed by atoms with Gasteiger partial charge in [-0.05, 0) is 32.1 Å². The average Bonchev–Trinajstić information content (AvgIpc) is 3.18. The average molecular weight is 297 g/mol. The predicted molar refractivity (Wildman–Crippen MR) is 79.8 cm³/mol. The molecule has 0 bridgehead atoms. The molecule has 1 aliphatic carbocycles. The molecular weight excluding hydrogens is 274 g/mol. The lowest BCUT2D eigenvalue weighted by atomic mass is 10.2. The van der Waals surface area contributed by atoms with Crippen molar-refractivity contribution in [2.24, 2.45) is 5.92 Å². The van der Waals surface area contributed by atoms with Crippen LogP contribution in [0.25, 0.3) is 0 Å². The van der Waals surface area contributed by atoms with Crippen LogP contribution >= 0.6 is 11.3 Å². The first-order valence-corrected chi connectivity index (χ1v) is 8.01. The number of aryl methyl sites for hydroxylation is 1. The molecule has 2 N–H and O–H groups in total. The van der Waals surface area contributed by atoms with Crippen molar-refractivity contribution >= 4 is 17.4 Å². The fourth-order valence-corrected chi connectivity index (χ4v) is 3.05. The largest absolute Gasteiger partial charge is 0.391 e. The molecule has 2 atom stereocenters. The minimum Gasteiger partial charge on any atom is -0.391 e. The number of carbonyl (C=O) groups excluding carboxylic acids is 1. The zero-order chi connectivity index (χ0) is 14.7. The lowest BCUT2D eigenvalue weighted by molar-refractivity contribution is 0.112. The van der Waals surface area contributed by atoms with E-state index < -0.39 is 6.10 Å². The van der Waals surface area contributed by atoms with Gasteiger partial charge in [-0.2, -0.15) is 0 Å². The van der Waals surface area contributed by atoms with E-state index in [0.717, 1.165) is 30.0 Å². The van der Waals surface area contributed by atoms with Crippen molar-refractivity contribution in [2.75, 3.05) is 13.6 Å². The molecule has 5 nitrogen and oxygen atoms in total. The number of amides is 2. The van der Waals surface area contributed by atoms with E-state index in [1.54, 1.807) is 23.3 Å². The summed E-state index contributed by atoms with van der Waals surface area (Å²) in [6.45, 7) is 4.37. The van der Waals surface area contributed by atoms with Crippen molar-refractivity contribution in [1.82, 2.24) is 15.2 Å². The van der Waals surface area contributed by atoms with Gasteiger partial charge in [-0.3, -0.25) is 0 Å². The smallest absolute Gasteiger partial charge is 0.317 e. The summed E-state index contributed by atoms with van der Waals surface area (Å²) in [4.78, 5) is 18.1. The molecule has 1 aliphatic rings. The number of aromatic nitrogens is 1. The first-order chi connectivity index (χ1) is 9.51. The lowest BCUT2D eigenvalue weighted by Crippen LogP contribution is -2.43. The number of hydrogen-bond acceptors (Lipinski definition) is 4. The van der Waals surface area contributed by atoms with Crippen LogP contribution in [0.1, 0.15) is 42.9 Å². The SMILES string of the molecule is CCC(NC(=O)N(C)CC(O)C1CC1)c1nc(C)cs1. The van der Waals surface area contributed by atoms with Gasteiger partial charge in [0.15, 0.2) is 0 Å². The quantitative estimate of drug-likeness (QED) is 0.847.